The summed E-state index contributed by atoms with van der Waals surface area (Å²) in [5, 5.41) is 5.16. The van der Waals surface area contributed by atoms with Gasteiger partial charge in [0.1, 0.15) is 10.6 Å². The van der Waals surface area contributed by atoms with Crippen LogP contribution in [0.15, 0.2) is 59.6 Å². The van der Waals surface area contributed by atoms with Crippen LogP contribution in [0.5, 0.6) is 0 Å². The Morgan fingerprint density at radius 2 is 1.82 bits per heavy atom. The molecule has 0 aliphatic heterocycles. The molecule has 1 fully saturated rings. The molecule has 28 heavy (non-hydrogen) atoms. The Morgan fingerprint density at radius 1 is 1.11 bits per heavy atom. The maximum atomic E-state index is 13.3. The fourth-order valence-electron chi connectivity index (χ4n) is 3.63. The lowest BCUT2D eigenvalue weighted by Crippen LogP contribution is -2.14. The molecule has 0 bridgehead atoms. The van der Waals surface area contributed by atoms with E-state index in [9.17, 15) is 8.42 Å². The molecule has 1 heterocycles. The summed E-state index contributed by atoms with van der Waals surface area (Å²) >= 11 is 6.06. The number of hydrogen-bond acceptors (Lipinski definition) is 3. The fraction of sp³-hybridized carbons (Fsp3) is 0.286. The van der Waals surface area contributed by atoms with Crippen molar-refractivity contribution in [1.29, 1.82) is 0 Å². The van der Waals surface area contributed by atoms with Gasteiger partial charge >= 0.3 is 0 Å². The molecule has 146 valence electrons. The van der Waals surface area contributed by atoms with E-state index in [2.05, 4.69) is 9.82 Å². The Balaban J connectivity index is 1.79. The number of hydrogen-bond donors (Lipinski definition) is 1. The first-order valence-corrected chi connectivity index (χ1v) is 11.2. The number of benzene rings is 2. The van der Waals surface area contributed by atoms with Gasteiger partial charge in [0.25, 0.3) is 10.0 Å². The van der Waals surface area contributed by atoms with Gasteiger partial charge in [-0.3, -0.25) is 9.40 Å². The normalized spacial score (nSPS) is 15.1. The molecular weight excluding hydrogens is 394 g/mol. The lowest BCUT2D eigenvalue weighted by atomic mass is 10.2. The van der Waals surface area contributed by atoms with Crippen molar-refractivity contribution in [1.82, 2.24) is 9.78 Å². The van der Waals surface area contributed by atoms with Crippen molar-refractivity contribution < 1.29 is 8.42 Å². The van der Waals surface area contributed by atoms with E-state index in [1.807, 2.05) is 41.9 Å². The van der Waals surface area contributed by atoms with Crippen LogP contribution in [-0.4, -0.2) is 18.2 Å². The van der Waals surface area contributed by atoms with E-state index in [-0.39, 0.29) is 10.9 Å². The van der Waals surface area contributed by atoms with Gasteiger partial charge in [0.2, 0.25) is 0 Å². The Morgan fingerprint density at radius 3 is 2.54 bits per heavy atom. The van der Waals surface area contributed by atoms with Crippen molar-refractivity contribution in [2.24, 2.45) is 0 Å². The third kappa shape index (κ3) is 3.80. The first kappa shape index (κ1) is 19.0. The molecule has 0 saturated heterocycles. The van der Waals surface area contributed by atoms with Gasteiger partial charge in [-0.05, 0) is 37.5 Å². The van der Waals surface area contributed by atoms with Gasteiger partial charge in [0.15, 0.2) is 0 Å². The highest BCUT2D eigenvalue weighted by Crippen LogP contribution is 2.34. The van der Waals surface area contributed by atoms with Crippen molar-refractivity contribution in [3.05, 3.63) is 65.3 Å². The summed E-state index contributed by atoms with van der Waals surface area (Å²) in [6.07, 6.45) is 6.01. The number of nitrogens with one attached hydrogen (secondary N) is 1. The number of sulfonamides is 1. The second-order valence-electron chi connectivity index (χ2n) is 7.19. The van der Waals surface area contributed by atoms with Gasteiger partial charge in [-0.15, -0.1) is 0 Å². The largest absolute Gasteiger partial charge is 0.279 e. The van der Waals surface area contributed by atoms with Crippen LogP contribution < -0.4 is 4.72 Å². The number of anilines is 1. The van der Waals surface area contributed by atoms with E-state index in [0.717, 1.165) is 36.8 Å². The Kier molecular flexibility index (Phi) is 5.17. The summed E-state index contributed by atoms with van der Waals surface area (Å²) in [5.74, 6) is 0. The fourth-order valence-corrected chi connectivity index (χ4v) is 5.08. The minimum atomic E-state index is -3.83. The second-order valence-corrected chi connectivity index (χ2v) is 9.28. The van der Waals surface area contributed by atoms with Crippen molar-refractivity contribution in [2.75, 3.05) is 4.72 Å². The molecule has 0 amide bonds. The molecule has 0 atom stereocenters. The number of nitrogens with zero attached hydrogens (tertiary/aromatic N) is 2. The summed E-state index contributed by atoms with van der Waals surface area (Å²) in [4.78, 5) is 0.185. The van der Waals surface area contributed by atoms with Gasteiger partial charge in [-0.1, -0.05) is 60.8 Å². The summed E-state index contributed by atoms with van der Waals surface area (Å²) in [6, 6.07) is 14.8. The zero-order chi connectivity index (χ0) is 19.7. The van der Waals surface area contributed by atoms with Crippen LogP contribution in [0.25, 0.3) is 11.3 Å². The highest BCUT2D eigenvalue weighted by Gasteiger charge is 2.27. The Bertz CT molecular complexity index is 1090. The maximum Gasteiger partial charge on any atom is 0.265 e. The Labute approximate surface area is 170 Å². The molecule has 2 aromatic carbocycles. The summed E-state index contributed by atoms with van der Waals surface area (Å²) < 4.78 is 31.1. The molecule has 1 N–H and O–H groups in total. The van der Waals surface area contributed by atoms with Crippen molar-refractivity contribution >= 4 is 27.3 Å². The van der Waals surface area contributed by atoms with Crippen LogP contribution in [0.4, 0.5) is 5.69 Å². The zero-order valence-electron chi connectivity index (χ0n) is 15.6. The van der Waals surface area contributed by atoms with Gasteiger partial charge in [0.05, 0.1) is 11.7 Å². The molecule has 0 unspecified atom stereocenters. The quantitative estimate of drug-likeness (QED) is 0.604. The molecule has 5 nitrogen and oxygen atoms in total. The first-order valence-electron chi connectivity index (χ1n) is 9.37. The molecule has 1 aromatic heterocycles. The van der Waals surface area contributed by atoms with Crippen LogP contribution in [-0.2, 0) is 10.0 Å². The average Bonchev–Trinajstić information content (AvgIpc) is 3.35. The van der Waals surface area contributed by atoms with E-state index in [1.165, 1.54) is 0 Å². The SMILES string of the molecule is Cc1ccc(Cl)cc1NS(=O)(=O)c1cn(C2CCCC2)nc1-c1ccccc1. The van der Waals surface area contributed by atoms with Gasteiger partial charge < -0.3 is 0 Å². The lowest BCUT2D eigenvalue weighted by molar-refractivity contribution is 0.467. The van der Waals surface area contributed by atoms with Crippen molar-refractivity contribution in [3.63, 3.8) is 0 Å². The highest BCUT2D eigenvalue weighted by molar-refractivity contribution is 7.92. The van der Waals surface area contributed by atoms with E-state index in [4.69, 9.17) is 11.6 Å². The average molecular weight is 416 g/mol. The lowest BCUT2D eigenvalue weighted by Gasteiger charge is -2.11. The first-order chi connectivity index (χ1) is 13.4. The third-order valence-corrected chi connectivity index (χ3v) is 6.78. The van der Waals surface area contributed by atoms with Crippen LogP contribution in [0.2, 0.25) is 5.02 Å². The zero-order valence-corrected chi connectivity index (χ0v) is 17.2. The summed E-state index contributed by atoms with van der Waals surface area (Å²) in [5.41, 5.74) is 2.53. The van der Waals surface area contributed by atoms with Crippen LogP contribution in [0, 0.1) is 6.92 Å². The van der Waals surface area contributed by atoms with Gasteiger partial charge in [0, 0.05) is 16.8 Å². The Hall–Kier alpha value is -2.31. The van der Waals surface area contributed by atoms with E-state index in [1.54, 1.807) is 24.4 Å². The van der Waals surface area contributed by atoms with Crippen molar-refractivity contribution in [3.8, 4) is 11.3 Å². The molecule has 7 heteroatoms. The van der Waals surface area contributed by atoms with E-state index >= 15 is 0 Å². The molecule has 1 saturated carbocycles. The smallest absolute Gasteiger partial charge is 0.265 e. The molecule has 1 aliphatic rings. The minimum absolute atomic E-state index is 0.185. The predicted molar refractivity (Wildman–Crippen MR) is 112 cm³/mol. The van der Waals surface area contributed by atoms with E-state index < -0.39 is 10.0 Å². The van der Waals surface area contributed by atoms with Crippen LogP contribution in [0.3, 0.4) is 0 Å². The number of halogens is 1. The number of rotatable bonds is 5. The van der Waals surface area contributed by atoms with E-state index in [0.29, 0.717) is 16.4 Å². The molecule has 0 spiro atoms. The minimum Gasteiger partial charge on any atom is -0.279 e. The van der Waals surface area contributed by atoms with Gasteiger partial charge in [-0.25, -0.2) is 8.42 Å². The number of aryl methyl sites for hydroxylation is 1. The molecule has 3 aromatic rings. The van der Waals surface area contributed by atoms with Crippen LogP contribution in [0.1, 0.15) is 37.3 Å². The molecule has 4 rings (SSSR count). The predicted octanol–water partition coefficient (Wildman–Crippen LogP) is 5.43. The highest BCUT2D eigenvalue weighted by atomic mass is 35.5. The summed E-state index contributed by atoms with van der Waals surface area (Å²) in [6.45, 7) is 1.84. The standard InChI is InChI=1S/C21H22ClN3O2S/c1-15-11-12-17(22)13-19(15)24-28(26,27)20-14-25(18-9-5-6-10-18)23-21(20)16-7-3-2-4-8-16/h2-4,7-8,11-14,18,24H,5-6,9-10H2,1H3. The molecular formula is C21H22ClN3O2S. The molecule has 0 radical (unpaired) electrons. The summed E-state index contributed by atoms with van der Waals surface area (Å²) in [7, 11) is -3.83. The monoisotopic (exact) mass is 415 g/mol. The van der Waals surface area contributed by atoms with Crippen molar-refractivity contribution in [2.45, 2.75) is 43.5 Å². The third-order valence-electron chi connectivity index (χ3n) is 5.18. The molecule has 1 aliphatic carbocycles. The van der Waals surface area contributed by atoms with Crippen LogP contribution >= 0.6 is 11.6 Å². The second kappa shape index (κ2) is 7.60. The van der Waals surface area contributed by atoms with Gasteiger partial charge in [-0.2, -0.15) is 5.10 Å². The number of aromatic nitrogens is 2. The maximum absolute atomic E-state index is 13.3. The topological polar surface area (TPSA) is 64.0 Å².